The molecule has 2 N–H and O–H groups in total. The van der Waals surface area contributed by atoms with E-state index < -0.39 is 0 Å². The fourth-order valence-corrected chi connectivity index (χ4v) is 3.43. The van der Waals surface area contributed by atoms with E-state index in [0.717, 1.165) is 5.92 Å². The van der Waals surface area contributed by atoms with Crippen LogP contribution in [0.1, 0.15) is 44.1 Å². The molecule has 0 bridgehead atoms. The van der Waals surface area contributed by atoms with E-state index in [1.165, 1.54) is 48.7 Å². The van der Waals surface area contributed by atoms with Crippen molar-refractivity contribution in [2.75, 3.05) is 6.54 Å². The molecule has 3 rings (SSSR count). The van der Waals surface area contributed by atoms with Gasteiger partial charge in [-0.2, -0.15) is 0 Å². The van der Waals surface area contributed by atoms with Crippen molar-refractivity contribution in [2.45, 2.75) is 45.1 Å². The van der Waals surface area contributed by atoms with Crippen LogP contribution in [0.2, 0.25) is 0 Å². The standard InChI is InChI=1S/C17H24N2/c1-13(11-18)15-7-4-8-17-16(15)9-10-19(17)12-14-5-2-3-6-14/h4,7-10,13-14H,2-3,5-6,11-12,18H2,1H3. The lowest BCUT2D eigenvalue weighted by atomic mass is 9.98. The van der Waals surface area contributed by atoms with Crippen LogP contribution in [0, 0.1) is 5.92 Å². The summed E-state index contributed by atoms with van der Waals surface area (Å²) in [6.45, 7) is 4.11. The van der Waals surface area contributed by atoms with Gasteiger partial charge in [-0.15, -0.1) is 0 Å². The van der Waals surface area contributed by atoms with Crippen molar-refractivity contribution in [3.05, 3.63) is 36.0 Å². The topological polar surface area (TPSA) is 30.9 Å². The number of rotatable bonds is 4. The number of hydrogen-bond acceptors (Lipinski definition) is 1. The molecule has 0 radical (unpaired) electrons. The van der Waals surface area contributed by atoms with Gasteiger partial charge >= 0.3 is 0 Å². The summed E-state index contributed by atoms with van der Waals surface area (Å²) in [6.07, 6.45) is 7.89. The fraction of sp³-hybridized carbons (Fsp3) is 0.529. The maximum Gasteiger partial charge on any atom is 0.0483 e. The first kappa shape index (κ1) is 12.7. The van der Waals surface area contributed by atoms with Crippen molar-refractivity contribution in [1.82, 2.24) is 4.57 Å². The molecular formula is C17H24N2. The zero-order chi connectivity index (χ0) is 13.2. The summed E-state index contributed by atoms with van der Waals surface area (Å²) in [5, 5.41) is 1.39. The molecule has 2 heteroatoms. The van der Waals surface area contributed by atoms with E-state index in [9.17, 15) is 0 Å². The smallest absolute Gasteiger partial charge is 0.0483 e. The monoisotopic (exact) mass is 256 g/mol. The molecule has 1 atom stereocenters. The molecule has 1 aromatic carbocycles. The molecule has 0 aliphatic heterocycles. The lowest BCUT2D eigenvalue weighted by molar-refractivity contribution is 0.466. The summed E-state index contributed by atoms with van der Waals surface area (Å²) in [4.78, 5) is 0. The van der Waals surface area contributed by atoms with Crippen LogP contribution in [0.3, 0.4) is 0 Å². The number of nitrogens with two attached hydrogens (primary N) is 1. The first-order chi connectivity index (χ1) is 9.29. The minimum atomic E-state index is 0.436. The zero-order valence-electron chi connectivity index (χ0n) is 11.8. The Balaban J connectivity index is 1.94. The Hall–Kier alpha value is -1.28. The molecule has 1 fully saturated rings. The Bertz CT molecular complexity index is 549. The maximum atomic E-state index is 5.83. The van der Waals surface area contributed by atoms with Crippen LogP contribution < -0.4 is 5.73 Å². The first-order valence-corrected chi connectivity index (χ1v) is 7.57. The van der Waals surface area contributed by atoms with Gasteiger partial charge in [-0.05, 0) is 48.9 Å². The van der Waals surface area contributed by atoms with E-state index in [2.05, 4.69) is 42.0 Å². The third-order valence-electron chi connectivity index (χ3n) is 4.66. The van der Waals surface area contributed by atoms with Crippen molar-refractivity contribution in [2.24, 2.45) is 11.7 Å². The second-order valence-corrected chi connectivity index (χ2v) is 6.04. The Morgan fingerprint density at radius 1 is 1.26 bits per heavy atom. The summed E-state index contributed by atoms with van der Waals surface area (Å²) < 4.78 is 2.44. The predicted octanol–water partition coefficient (Wildman–Crippen LogP) is 3.89. The molecule has 0 spiro atoms. The number of nitrogens with zero attached hydrogens (tertiary/aromatic N) is 1. The van der Waals surface area contributed by atoms with E-state index in [4.69, 9.17) is 5.73 Å². The van der Waals surface area contributed by atoms with Crippen molar-refractivity contribution >= 4 is 10.9 Å². The quantitative estimate of drug-likeness (QED) is 0.884. The van der Waals surface area contributed by atoms with Crippen LogP contribution in [0.25, 0.3) is 10.9 Å². The summed E-state index contributed by atoms with van der Waals surface area (Å²) >= 11 is 0. The largest absolute Gasteiger partial charge is 0.347 e. The Morgan fingerprint density at radius 3 is 2.79 bits per heavy atom. The van der Waals surface area contributed by atoms with Crippen LogP contribution in [-0.2, 0) is 6.54 Å². The third-order valence-corrected chi connectivity index (χ3v) is 4.66. The second-order valence-electron chi connectivity index (χ2n) is 6.04. The zero-order valence-corrected chi connectivity index (χ0v) is 11.8. The van der Waals surface area contributed by atoms with Gasteiger partial charge in [0.1, 0.15) is 0 Å². The highest BCUT2D eigenvalue weighted by atomic mass is 15.0. The van der Waals surface area contributed by atoms with E-state index >= 15 is 0 Å². The van der Waals surface area contributed by atoms with Crippen molar-refractivity contribution in [3.63, 3.8) is 0 Å². The van der Waals surface area contributed by atoms with Gasteiger partial charge in [-0.3, -0.25) is 0 Å². The van der Waals surface area contributed by atoms with Gasteiger partial charge in [0.25, 0.3) is 0 Å². The molecule has 1 unspecified atom stereocenters. The molecule has 1 saturated carbocycles. The third kappa shape index (κ3) is 2.42. The molecule has 1 aliphatic carbocycles. The van der Waals surface area contributed by atoms with Crippen LogP contribution in [0.5, 0.6) is 0 Å². The summed E-state index contributed by atoms with van der Waals surface area (Å²) in [7, 11) is 0. The summed E-state index contributed by atoms with van der Waals surface area (Å²) in [5.41, 5.74) is 8.60. The van der Waals surface area contributed by atoms with Gasteiger partial charge in [-0.25, -0.2) is 0 Å². The number of benzene rings is 1. The number of hydrogen-bond donors (Lipinski definition) is 1. The predicted molar refractivity (Wildman–Crippen MR) is 81.4 cm³/mol. The molecule has 1 heterocycles. The highest BCUT2D eigenvalue weighted by Gasteiger charge is 2.17. The van der Waals surface area contributed by atoms with E-state index in [1.807, 2.05) is 0 Å². The summed E-state index contributed by atoms with van der Waals surface area (Å²) in [5.74, 6) is 1.32. The lowest BCUT2D eigenvalue weighted by Crippen LogP contribution is -2.09. The van der Waals surface area contributed by atoms with E-state index in [1.54, 1.807) is 0 Å². The van der Waals surface area contributed by atoms with Gasteiger partial charge in [0.05, 0.1) is 0 Å². The van der Waals surface area contributed by atoms with Crippen molar-refractivity contribution in [3.8, 4) is 0 Å². The first-order valence-electron chi connectivity index (χ1n) is 7.57. The molecule has 102 valence electrons. The molecule has 2 aromatic rings. The minimum Gasteiger partial charge on any atom is -0.347 e. The van der Waals surface area contributed by atoms with Gasteiger partial charge < -0.3 is 10.3 Å². The van der Waals surface area contributed by atoms with E-state index in [0.29, 0.717) is 12.5 Å². The number of fused-ring (bicyclic) bond motifs is 1. The van der Waals surface area contributed by atoms with Gasteiger partial charge in [0.2, 0.25) is 0 Å². The van der Waals surface area contributed by atoms with Gasteiger partial charge in [0, 0.05) is 23.6 Å². The molecule has 0 saturated heterocycles. The average Bonchev–Trinajstić information content (AvgIpc) is 3.08. The molecular weight excluding hydrogens is 232 g/mol. The lowest BCUT2D eigenvalue weighted by Gasteiger charge is -2.14. The van der Waals surface area contributed by atoms with Crippen LogP contribution in [0.15, 0.2) is 30.5 Å². The van der Waals surface area contributed by atoms with Crippen LogP contribution in [-0.4, -0.2) is 11.1 Å². The average molecular weight is 256 g/mol. The second kappa shape index (κ2) is 5.38. The number of aromatic nitrogens is 1. The molecule has 1 aliphatic rings. The fourth-order valence-electron chi connectivity index (χ4n) is 3.43. The molecule has 19 heavy (non-hydrogen) atoms. The van der Waals surface area contributed by atoms with Crippen LogP contribution in [0.4, 0.5) is 0 Å². The highest BCUT2D eigenvalue weighted by Crippen LogP contribution is 2.30. The Morgan fingerprint density at radius 2 is 2.05 bits per heavy atom. The van der Waals surface area contributed by atoms with Crippen molar-refractivity contribution in [1.29, 1.82) is 0 Å². The molecule has 2 nitrogen and oxygen atoms in total. The minimum absolute atomic E-state index is 0.436. The Labute approximate surface area is 115 Å². The normalized spacial score (nSPS) is 18.2. The van der Waals surface area contributed by atoms with Crippen molar-refractivity contribution < 1.29 is 0 Å². The van der Waals surface area contributed by atoms with Gasteiger partial charge in [0.15, 0.2) is 0 Å². The maximum absolute atomic E-state index is 5.83. The highest BCUT2D eigenvalue weighted by molar-refractivity contribution is 5.84. The SMILES string of the molecule is CC(CN)c1cccc2c1ccn2CC1CCCC1. The molecule has 1 aromatic heterocycles. The Kier molecular flexibility index (Phi) is 3.61. The summed E-state index contributed by atoms with van der Waals surface area (Å²) in [6, 6.07) is 8.91. The van der Waals surface area contributed by atoms with Crippen LogP contribution >= 0.6 is 0 Å². The molecule has 0 amide bonds. The van der Waals surface area contributed by atoms with E-state index in [-0.39, 0.29) is 0 Å². The van der Waals surface area contributed by atoms with Gasteiger partial charge in [-0.1, -0.05) is 31.9 Å².